The third-order valence-corrected chi connectivity index (χ3v) is 6.28. The quantitative estimate of drug-likeness (QED) is 0.404. The van der Waals surface area contributed by atoms with E-state index in [1.807, 2.05) is 30.3 Å². The van der Waals surface area contributed by atoms with Crippen LogP contribution in [-0.2, 0) is 17.9 Å². The zero-order valence-corrected chi connectivity index (χ0v) is 18.8. The maximum Gasteiger partial charge on any atom is 0.160 e. The van der Waals surface area contributed by atoms with Crippen LogP contribution in [0.25, 0.3) is 22.6 Å². The summed E-state index contributed by atoms with van der Waals surface area (Å²) in [4.78, 5) is 23.2. The number of para-hydroxylation sites is 2. The van der Waals surface area contributed by atoms with Crippen molar-refractivity contribution in [2.45, 2.75) is 25.9 Å². The van der Waals surface area contributed by atoms with Gasteiger partial charge in [-0.25, -0.2) is 4.98 Å². The van der Waals surface area contributed by atoms with Crippen LogP contribution < -0.4 is 0 Å². The molecule has 0 unspecified atom stereocenters. The van der Waals surface area contributed by atoms with E-state index in [9.17, 15) is 4.79 Å². The zero-order valence-electron chi connectivity index (χ0n) is 17.2. The smallest absolute Gasteiger partial charge is 0.160 e. The Labute approximate surface area is 189 Å². The van der Waals surface area contributed by atoms with Gasteiger partial charge in [-0.2, -0.15) is 0 Å². The van der Waals surface area contributed by atoms with Crippen molar-refractivity contribution in [1.29, 1.82) is 0 Å². The van der Waals surface area contributed by atoms with Gasteiger partial charge >= 0.3 is 0 Å². The highest BCUT2D eigenvalue weighted by Gasteiger charge is 2.17. The number of nitrogens with zero attached hydrogens (tertiary/aromatic N) is 4. The second-order valence-electron chi connectivity index (χ2n) is 8.00. The number of ketones is 1. The average molecular weight is 475 g/mol. The highest BCUT2D eigenvalue weighted by Crippen LogP contribution is 2.26. The molecule has 0 atom stereocenters. The van der Waals surface area contributed by atoms with Crippen LogP contribution in [0.4, 0.5) is 0 Å². The monoisotopic (exact) mass is 474 g/mol. The summed E-state index contributed by atoms with van der Waals surface area (Å²) in [6, 6.07) is 20.9. The molecule has 0 aliphatic carbocycles. The van der Waals surface area contributed by atoms with Crippen molar-refractivity contribution in [2.24, 2.45) is 0 Å². The maximum atomic E-state index is 11.5. The van der Waals surface area contributed by atoms with Crippen LogP contribution in [0, 0.1) is 0 Å². The van der Waals surface area contributed by atoms with E-state index in [1.54, 1.807) is 6.20 Å². The molecule has 4 aromatic rings. The second-order valence-corrected chi connectivity index (χ2v) is 8.92. The molecule has 2 aromatic heterocycles. The first kappa shape index (κ1) is 20.1. The Balaban J connectivity index is 1.41. The Morgan fingerprint density at radius 2 is 1.61 bits per heavy atom. The maximum absolute atomic E-state index is 11.5. The van der Waals surface area contributed by atoms with Crippen LogP contribution in [0.15, 0.2) is 71.3 Å². The Morgan fingerprint density at radius 3 is 2.35 bits per heavy atom. The first-order chi connectivity index (χ1) is 15.2. The molecular weight excluding hydrogens is 452 g/mol. The van der Waals surface area contributed by atoms with E-state index in [2.05, 4.69) is 60.7 Å². The molecule has 1 aliphatic rings. The van der Waals surface area contributed by atoms with E-state index in [0.717, 1.165) is 53.2 Å². The molecule has 5 nitrogen and oxygen atoms in total. The molecule has 1 fully saturated rings. The van der Waals surface area contributed by atoms with Crippen LogP contribution in [0.2, 0.25) is 0 Å². The molecule has 3 heterocycles. The number of imidazole rings is 1. The minimum atomic E-state index is 0.384. The number of likely N-dealkylation sites (tertiary alicyclic amines) is 1. The molecule has 0 saturated carbocycles. The molecule has 0 bridgehead atoms. The molecule has 2 aromatic carbocycles. The van der Waals surface area contributed by atoms with Crippen molar-refractivity contribution in [3.63, 3.8) is 0 Å². The average Bonchev–Trinajstić information content (AvgIpc) is 3.15. The van der Waals surface area contributed by atoms with Gasteiger partial charge in [0.1, 0.15) is 11.5 Å². The van der Waals surface area contributed by atoms with Crippen LogP contribution in [0.3, 0.4) is 0 Å². The fraction of sp³-hybridized carbons (Fsp3) is 0.240. The van der Waals surface area contributed by atoms with Crippen molar-refractivity contribution < 1.29 is 4.79 Å². The lowest BCUT2D eigenvalue weighted by Gasteiger charge is -2.25. The predicted octanol–water partition coefficient (Wildman–Crippen LogP) is 5.07. The normalized spacial score (nSPS) is 14.9. The topological polar surface area (TPSA) is 51.0 Å². The van der Waals surface area contributed by atoms with E-state index < -0.39 is 0 Å². The number of fused-ring (bicyclic) bond motifs is 1. The van der Waals surface area contributed by atoms with E-state index in [4.69, 9.17) is 4.98 Å². The highest BCUT2D eigenvalue weighted by atomic mass is 79.9. The largest absolute Gasteiger partial charge is 0.318 e. The van der Waals surface area contributed by atoms with Gasteiger partial charge in [0.25, 0.3) is 0 Å². The standard InChI is InChI=1S/C25H23BrN4O/c26-20-9-12-27-23(15-20)25-28-22-3-1-2-4-24(22)30(25)17-19-7-5-18(6-8-19)16-29-13-10-21(31)11-14-29/h1-9,12,15H,10-11,13-14,16-17H2. The van der Waals surface area contributed by atoms with Gasteiger partial charge in [0.05, 0.1) is 11.0 Å². The minimum Gasteiger partial charge on any atom is -0.318 e. The SMILES string of the molecule is O=C1CCN(Cc2ccc(Cn3c(-c4cc(Br)ccn4)nc4ccccc43)cc2)CC1. The summed E-state index contributed by atoms with van der Waals surface area (Å²) in [6.45, 7) is 3.35. The zero-order chi connectivity index (χ0) is 21.2. The number of hydrogen-bond donors (Lipinski definition) is 0. The molecule has 156 valence electrons. The fourth-order valence-corrected chi connectivity index (χ4v) is 4.44. The number of benzene rings is 2. The lowest BCUT2D eigenvalue weighted by molar-refractivity contribution is -0.121. The lowest BCUT2D eigenvalue weighted by Crippen LogP contribution is -2.33. The van der Waals surface area contributed by atoms with E-state index in [1.165, 1.54) is 11.1 Å². The van der Waals surface area contributed by atoms with E-state index in [-0.39, 0.29) is 0 Å². The number of rotatable bonds is 5. The number of carbonyl (C=O) groups excluding carboxylic acids is 1. The molecule has 0 spiro atoms. The minimum absolute atomic E-state index is 0.384. The van der Waals surface area contributed by atoms with Crippen molar-refractivity contribution in [3.05, 3.63) is 82.5 Å². The van der Waals surface area contributed by atoms with Gasteiger partial charge < -0.3 is 4.57 Å². The summed E-state index contributed by atoms with van der Waals surface area (Å²) < 4.78 is 3.22. The summed E-state index contributed by atoms with van der Waals surface area (Å²) in [6.07, 6.45) is 3.16. The van der Waals surface area contributed by atoms with Crippen molar-refractivity contribution in [3.8, 4) is 11.5 Å². The molecule has 1 aliphatic heterocycles. The number of hydrogen-bond acceptors (Lipinski definition) is 4. The fourth-order valence-electron chi connectivity index (χ4n) is 4.11. The van der Waals surface area contributed by atoms with Gasteiger partial charge in [-0.05, 0) is 35.4 Å². The van der Waals surface area contributed by atoms with Gasteiger partial charge in [0, 0.05) is 49.7 Å². The number of pyridine rings is 1. The van der Waals surface area contributed by atoms with Crippen molar-refractivity contribution in [2.75, 3.05) is 13.1 Å². The molecular formula is C25H23BrN4O. The summed E-state index contributed by atoms with van der Waals surface area (Å²) in [5, 5.41) is 0. The van der Waals surface area contributed by atoms with Crippen LogP contribution in [0.5, 0.6) is 0 Å². The number of aromatic nitrogens is 3. The lowest BCUT2D eigenvalue weighted by atomic mass is 10.1. The van der Waals surface area contributed by atoms with Crippen LogP contribution in [0.1, 0.15) is 24.0 Å². The molecule has 6 heteroatoms. The van der Waals surface area contributed by atoms with Crippen molar-refractivity contribution >= 4 is 32.7 Å². The highest BCUT2D eigenvalue weighted by molar-refractivity contribution is 9.10. The Kier molecular flexibility index (Phi) is 5.66. The third kappa shape index (κ3) is 4.45. The number of halogens is 1. The molecule has 0 radical (unpaired) electrons. The Bertz CT molecular complexity index is 1220. The Hall–Kier alpha value is -2.83. The molecule has 31 heavy (non-hydrogen) atoms. The number of Topliss-reactive ketones (excluding diaryl/α,β-unsaturated/α-hetero) is 1. The van der Waals surface area contributed by atoms with E-state index >= 15 is 0 Å². The van der Waals surface area contributed by atoms with Gasteiger partial charge in [0.15, 0.2) is 5.82 Å². The summed E-state index contributed by atoms with van der Waals surface area (Å²) in [5.41, 5.74) is 5.41. The van der Waals surface area contributed by atoms with E-state index in [0.29, 0.717) is 18.6 Å². The molecule has 0 N–H and O–H groups in total. The number of carbonyl (C=O) groups is 1. The van der Waals surface area contributed by atoms with Crippen LogP contribution in [-0.4, -0.2) is 38.3 Å². The van der Waals surface area contributed by atoms with Gasteiger partial charge in [-0.3, -0.25) is 14.7 Å². The van der Waals surface area contributed by atoms with Crippen LogP contribution >= 0.6 is 15.9 Å². The first-order valence-corrected chi connectivity index (χ1v) is 11.3. The first-order valence-electron chi connectivity index (χ1n) is 10.5. The third-order valence-electron chi connectivity index (χ3n) is 5.79. The molecule has 5 rings (SSSR count). The van der Waals surface area contributed by atoms with Gasteiger partial charge in [-0.1, -0.05) is 52.3 Å². The van der Waals surface area contributed by atoms with Gasteiger partial charge in [-0.15, -0.1) is 0 Å². The summed E-state index contributed by atoms with van der Waals surface area (Å²) in [7, 11) is 0. The summed E-state index contributed by atoms with van der Waals surface area (Å²) >= 11 is 3.55. The number of piperidine rings is 1. The Morgan fingerprint density at radius 1 is 0.903 bits per heavy atom. The van der Waals surface area contributed by atoms with Crippen molar-refractivity contribution in [1.82, 2.24) is 19.4 Å². The summed E-state index contributed by atoms with van der Waals surface area (Å²) in [5.74, 6) is 1.25. The molecule has 0 amide bonds. The molecule has 1 saturated heterocycles. The predicted molar refractivity (Wildman–Crippen MR) is 126 cm³/mol. The van der Waals surface area contributed by atoms with Gasteiger partial charge in [0.2, 0.25) is 0 Å². The second kappa shape index (κ2) is 8.73.